The lowest BCUT2D eigenvalue weighted by Gasteiger charge is -2.14. The number of carbonyl (C=O) groups is 1. The first kappa shape index (κ1) is 18.4. The molecule has 0 bridgehead atoms. The third-order valence-electron chi connectivity index (χ3n) is 4.83. The highest BCUT2D eigenvalue weighted by molar-refractivity contribution is 7.91. The molecular formula is C20H19N3O4S. The molecule has 0 saturated carbocycles. The number of nitrogens with one attached hydrogen (secondary N) is 1. The number of carbonyl (C=O) groups excluding carboxylic acids is 1. The maximum absolute atomic E-state index is 12.9. The molecule has 7 nitrogen and oxygen atoms in total. The highest BCUT2D eigenvalue weighted by atomic mass is 32.2. The van der Waals surface area contributed by atoms with Crippen LogP contribution in [0.1, 0.15) is 22.5 Å². The fourth-order valence-corrected chi connectivity index (χ4v) is 5.10. The summed E-state index contributed by atoms with van der Waals surface area (Å²) < 4.78 is 24.6. The van der Waals surface area contributed by atoms with Crippen molar-refractivity contribution in [2.24, 2.45) is 0 Å². The van der Waals surface area contributed by atoms with Crippen molar-refractivity contribution in [1.29, 1.82) is 0 Å². The van der Waals surface area contributed by atoms with E-state index in [0.717, 1.165) is 5.56 Å². The number of sulfone groups is 1. The number of nitrogens with zero attached hydrogens (tertiary/aromatic N) is 2. The molecule has 1 aliphatic rings. The van der Waals surface area contributed by atoms with E-state index in [0.29, 0.717) is 17.2 Å². The summed E-state index contributed by atoms with van der Waals surface area (Å²) in [5.74, 6) is -0.472. The van der Waals surface area contributed by atoms with Crippen molar-refractivity contribution < 1.29 is 13.2 Å². The average Bonchev–Trinajstić information content (AvgIpc) is 3.03. The van der Waals surface area contributed by atoms with Crippen molar-refractivity contribution in [3.8, 4) is 0 Å². The number of amides is 1. The zero-order valence-corrected chi connectivity index (χ0v) is 15.9. The van der Waals surface area contributed by atoms with E-state index in [4.69, 9.17) is 0 Å². The van der Waals surface area contributed by atoms with Crippen molar-refractivity contribution in [2.45, 2.75) is 19.0 Å². The quantitative estimate of drug-likeness (QED) is 0.717. The van der Waals surface area contributed by atoms with Gasteiger partial charge in [0.15, 0.2) is 15.5 Å². The largest absolute Gasteiger partial charge is 0.347 e. The topological polar surface area (TPSA) is 98.1 Å². The zero-order valence-electron chi connectivity index (χ0n) is 15.0. The fraction of sp³-hybridized carbons (Fsp3) is 0.250. The summed E-state index contributed by atoms with van der Waals surface area (Å²) >= 11 is 0. The average molecular weight is 397 g/mol. The molecule has 1 aromatic heterocycles. The molecule has 2 aromatic carbocycles. The molecule has 3 aromatic rings. The summed E-state index contributed by atoms with van der Waals surface area (Å²) in [6.07, 6.45) is 0.385. The predicted molar refractivity (Wildman–Crippen MR) is 106 cm³/mol. The Morgan fingerprint density at radius 3 is 2.43 bits per heavy atom. The van der Waals surface area contributed by atoms with Crippen LogP contribution >= 0.6 is 0 Å². The Balaban J connectivity index is 1.73. The Kier molecular flexibility index (Phi) is 4.72. The van der Waals surface area contributed by atoms with Crippen molar-refractivity contribution in [3.63, 3.8) is 0 Å². The molecule has 28 heavy (non-hydrogen) atoms. The second-order valence-corrected chi connectivity index (χ2v) is 9.14. The number of aromatic nitrogens is 2. The lowest BCUT2D eigenvalue weighted by molar-refractivity contribution is 0.0935. The van der Waals surface area contributed by atoms with Crippen LogP contribution in [0.25, 0.3) is 10.8 Å². The summed E-state index contributed by atoms with van der Waals surface area (Å²) in [5, 5.41) is 7.93. The molecule has 0 aliphatic carbocycles. The molecule has 8 heteroatoms. The molecule has 1 fully saturated rings. The predicted octanol–water partition coefficient (Wildman–Crippen LogP) is 1.36. The Labute approximate surface area is 161 Å². The third kappa shape index (κ3) is 3.68. The molecule has 0 spiro atoms. The van der Waals surface area contributed by atoms with Gasteiger partial charge in [0.2, 0.25) is 0 Å². The minimum Gasteiger partial charge on any atom is -0.347 e. The van der Waals surface area contributed by atoms with E-state index in [-0.39, 0.29) is 29.3 Å². The van der Waals surface area contributed by atoms with Gasteiger partial charge < -0.3 is 5.32 Å². The molecule has 4 rings (SSSR count). The summed E-state index contributed by atoms with van der Waals surface area (Å²) in [4.78, 5) is 25.7. The number of benzene rings is 2. The molecule has 1 N–H and O–H groups in total. The van der Waals surface area contributed by atoms with Crippen molar-refractivity contribution in [3.05, 3.63) is 76.2 Å². The number of fused-ring (bicyclic) bond motifs is 1. The van der Waals surface area contributed by atoms with Crippen LogP contribution in [-0.2, 0) is 16.4 Å². The fourth-order valence-electron chi connectivity index (χ4n) is 3.43. The van der Waals surface area contributed by atoms with Gasteiger partial charge in [-0.1, -0.05) is 48.5 Å². The van der Waals surface area contributed by atoms with Crippen molar-refractivity contribution >= 4 is 26.5 Å². The Bertz CT molecular complexity index is 1200. The van der Waals surface area contributed by atoms with Gasteiger partial charge in [-0.25, -0.2) is 13.1 Å². The van der Waals surface area contributed by atoms with E-state index < -0.39 is 21.8 Å². The van der Waals surface area contributed by atoms with Crippen LogP contribution in [0, 0.1) is 0 Å². The minimum absolute atomic E-state index is 0.0691. The van der Waals surface area contributed by atoms with Gasteiger partial charge in [-0.15, -0.1) is 0 Å². The van der Waals surface area contributed by atoms with Crippen LogP contribution in [0.5, 0.6) is 0 Å². The van der Waals surface area contributed by atoms with E-state index >= 15 is 0 Å². The first-order chi connectivity index (χ1) is 13.4. The van der Waals surface area contributed by atoms with E-state index in [1.807, 2.05) is 30.3 Å². The molecule has 144 valence electrons. The van der Waals surface area contributed by atoms with E-state index in [1.165, 1.54) is 4.68 Å². The normalized spacial score (nSPS) is 18.2. The van der Waals surface area contributed by atoms with Crippen LogP contribution in [0.15, 0.2) is 59.4 Å². The minimum atomic E-state index is -3.11. The molecule has 0 unspecified atom stereocenters. The monoisotopic (exact) mass is 397 g/mol. The zero-order chi connectivity index (χ0) is 19.7. The number of rotatable bonds is 4. The van der Waals surface area contributed by atoms with Gasteiger partial charge in [-0.3, -0.25) is 9.59 Å². The lowest BCUT2D eigenvalue weighted by atomic mass is 10.1. The Hall–Kier alpha value is -3.00. The molecule has 1 atom stereocenters. The van der Waals surface area contributed by atoms with E-state index in [9.17, 15) is 18.0 Å². The maximum atomic E-state index is 12.9. The molecule has 2 heterocycles. The van der Waals surface area contributed by atoms with E-state index in [2.05, 4.69) is 10.4 Å². The van der Waals surface area contributed by atoms with Gasteiger partial charge in [-0.2, -0.15) is 5.10 Å². The van der Waals surface area contributed by atoms with Gasteiger partial charge in [0.1, 0.15) is 0 Å². The van der Waals surface area contributed by atoms with Gasteiger partial charge in [0, 0.05) is 11.4 Å². The lowest BCUT2D eigenvalue weighted by Crippen LogP contribution is -2.37. The highest BCUT2D eigenvalue weighted by Crippen LogP contribution is 2.16. The second-order valence-electron chi connectivity index (χ2n) is 6.92. The van der Waals surface area contributed by atoms with Crippen molar-refractivity contribution in [2.75, 3.05) is 11.5 Å². The van der Waals surface area contributed by atoms with Gasteiger partial charge in [-0.05, 0) is 18.1 Å². The molecule has 1 aliphatic heterocycles. The molecule has 1 saturated heterocycles. The van der Waals surface area contributed by atoms with Gasteiger partial charge in [0.05, 0.1) is 23.4 Å². The number of hydrogen-bond donors (Lipinski definition) is 1. The summed E-state index contributed by atoms with van der Waals surface area (Å²) in [6, 6.07) is 15.8. The van der Waals surface area contributed by atoms with Crippen LogP contribution in [0.4, 0.5) is 0 Å². The first-order valence-electron chi connectivity index (χ1n) is 8.98. The van der Waals surface area contributed by atoms with Crippen LogP contribution in [-0.4, -0.2) is 41.7 Å². The van der Waals surface area contributed by atoms with Crippen LogP contribution < -0.4 is 10.9 Å². The Morgan fingerprint density at radius 1 is 1.07 bits per heavy atom. The van der Waals surface area contributed by atoms with Crippen LogP contribution in [0.3, 0.4) is 0 Å². The molecule has 1 amide bonds. The van der Waals surface area contributed by atoms with Gasteiger partial charge in [0.25, 0.3) is 11.5 Å². The third-order valence-corrected chi connectivity index (χ3v) is 6.59. The first-order valence-corrected chi connectivity index (χ1v) is 10.8. The summed E-state index contributed by atoms with van der Waals surface area (Å²) in [7, 11) is -3.11. The highest BCUT2D eigenvalue weighted by Gasteiger charge is 2.30. The molecular weight excluding hydrogens is 378 g/mol. The van der Waals surface area contributed by atoms with E-state index in [1.54, 1.807) is 24.3 Å². The van der Waals surface area contributed by atoms with Gasteiger partial charge >= 0.3 is 0 Å². The van der Waals surface area contributed by atoms with Crippen LogP contribution in [0.2, 0.25) is 0 Å². The second kappa shape index (κ2) is 7.20. The standard InChI is InChI=1S/C20H19N3O4S/c24-19(21-15-10-11-28(26,27)13-15)18-16-8-4-5-9-17(16)20(25)23(22-18)12-14-6-2-1-3-7-14/h1-9,15H,10-13H2,(H,21,24)/t15-/m1/s1. The smallest absolute Gasteiger partial charge is 0.274 e. The van der Waals surface area contributed by atoms with Crippen molar-refractivity contribution in [1.82, 2.24) is 15.1 Å². The Morgan fingerprint density at radius 2 is 1.75 bits per heavy atom. The maximum Gasteiger partial charge on any atom is 0.274 e. The SMILES string of the molecule is O=C(N[C@@H]1CCS(=O)(=O)C1)c1nn(Cc2ccccc2)c(=O)c2ccccc12. The molecule has 0 radical (unpaired) electrons. The number of hydrogen-bond acceptors (Lipinski definition) is 5. The summed E-state index contributed by atoms with van der Waals surface area (Å²) in [5.41, 5.74) is 0.732. The summed E-state index contributed by atoms with van der Waals surface area (Å²) in [6.45, 7) is 0.239.